The van der Waals surface area contributed by atoms with Crippen molar-refractivity contribution in [3.8, 4) is 0 Å². The fraction of sp³-hybridized carbons (Fsp3) is 0.933. The molecular formula is C15H24N2O. The molecule has 4 aliphatic rings. The van der Waals surface area contributed by atoms with E-state index in [2.05, 4.69) is 4.90 Å². The third kappa shape index (κ3) is 1.56. The van der Waals surface area contributed by atoms with Crippen LogP contribution in [0.1, 0.15) is 51.4 Å². The number of carbonyl (C=O) groups is 1. The molecule has 2 bridgehead atoms. The normalized spacial score (nSPS) is 49.9. The summed E-state index contributed by atoms with van der Waals surface area (Å²) in [5.74, 6) is 2.42. The summed E-state index contributed by atoms with van der Waals surface area (Å²) in [7, 11) is 0. The lowest BCUT2D eigenvalue weighted by Gasteiger charge is -2.38. The van der Waals surface area contributed by atoms with Crippen molar-refractivity contribution in [3.63, 3.8) is 0 Å². The Morgan fingerprint density at radius 2 is 1.50 bits per heavy atom. The molecule has 2 aliphatic carbocycles. The SMILES string of the molecule is NC1CC2CCC(C1)N2C(=O)C1C2CCCCC21. The second-order valence-electron chi connectivity index (χ2n) is 7.00. The van der Waals surface area contributed by atoms with E-state index in [1.807, 2.05) is 0 Å². The van der Waals surface area contributed by atoms with Gasteiger partial charge in [-0.25, -0.2) is 0 Å². The maximum Gasteiger partial charge on any atom is 0.226 e. The molecule has 1 amide bonds. The molecule has 18 heavy (non-hydrogen) atoms. The Hall–Kier alpha value is -0.570. The Morgan fingerprint density at radius 3 is 2.06 bits per heavy atom. The Balaban J connectivity index is 1.49. The van der Waals surface area contributed by atoms with Gasteiger partial charge in [0.05, 0.1) is 0 Å². The average molecular weight is 248 g/mol. The number of carbonyl (C=O) groups excluding carboxylic acids is 1. The summed E-state index contributed by atoms with van der Waals surface area (Å²) in [6.07, 6.45) is 9.81. The topological polar surface area (TPSA) is 46.3 Å². The van der Waals surface area contributed by atoms with Gasteiger partial charge in [0.25, 0.3) is 0 Å². The van der Waals surface area contributed by atoms with Crippen LogP contribution in [-0.4, -0.2) is 28.9 Å². The van der Waals surface area contributed by atoms with Crippen molar-refractivity contribution < 1.29 is 4.79 Å². The number of fused-ring (bicyclic) bond motifs is 3. The summed E-state index contributed by atoms with van der Waals surface area (Å²) in [5, 5.41) is 0. The summed E-state index contributed by atoms with van der Waals surface area (Å²) < 4.78 is 0. The molecule has 0 radical (unpaired) electrons. The minimum atomic E-state index is 0.341. The van der Waals surface area contributed by atoms with Crippen molar-refractivity contribution in [2.45, 2.75) is 69.5 Å². The fourth-order valence-electron chi connectivity index (χ4n) is 5.11. The molecule has 0 aromatic rings. The van der Waals surface area contributed by atoms with Gasteiger partial charge in [0.1, 0.15) is 0 Å². The van der Waals surface area contributed by atoms with Crippen LogP contribution < -0.4 is 5.73 Å². The number of hydrogen-bond donors (Lipinski definition) is 1. The quantitative estimate of drug-likeness (QED) is 0.770. The fourth-order valence-corrected chi connectivity index (χ4v) is 5.11. The lowest BCUT2D eigenvalue weighted by Crippen LogP contribution is -2.50. The largest absolute Gasteiger partial charge is 0.336 e. The second kappa shape index (κ2) is 3.96. The van der Waals surface area contributed by atoms with Crippen LogP contribution in [0.5, 0.6) is 0 Å². The van der Waals surface area contributed by atoms with Crippen molar-refractivity contribution in [2.24, 2.45) is 23.5 Å². The Bertz CT molecular complexity index is 344. The first-order valence-corrected chi connectivity index (χ1v) is 7.83. The van der Waals surface area contributed by atoms with Crippen LogP contribution in [0, 0.1) is 17.8 Å². The molecule has 2 N–H and O–H groups in total. The molecule has 2 heterocycles. The number of hydrogen-bond acceptors (Lipinski definition) is 2. The maximum absolute atomic E-state index is 12.8. The summed E-state index contributed by atoms with van der Waals surface area (Å²) in [5.41, 5.74) is 6.09. The number of nitrogens with zero attached hydrogens (tertiary/aromatic N) is 1. The minimum absolute atomic E-state index is 0.341. The van der Waals surface area contributed by atoms with Gasteiger partial charge in [0.2, 0.25) is 5.91 Å². The highest BCUT2D eigenvalue weighted by molar-refractivity contribution is 5.83. The summed E-state index contributed by atoms with van der Waals surface area (Å²) in [6.45, 7) is 0. The smallest absolute Gasteiger partial charge is 0.226 e. The van der Waals surface area contributed by atoms with E-state index >= 15 is 0 Å². The highest BCUT2D eigenvalue weighted by Crippen LogP contribution is 2.57. The summed E-state index contributed by atoms with van der Waals surface area (Å²) in [4.78, 5) is 15.0. The molecule has 2 saturated carbocycles. The van der Waals surface area contributed by atoms with Crippen molar-refractivity contribution in [3.05, 3.63) is 0 Å². The summed E-state index contributed by atoms with van der Waals surface area (Å²) >= 11 is 0. The van der Waals surface area contributed by atoms with Gasteiger partial charge in [-0.05, 0) is 50.4 Å². The molecule has 2 aliphatic heterocycles. The molecule has 2 saturated heterocycles. The van der Waals surface area contributed by atoms with E-state index < -0.39 is 0 Å². The van der Waals surface area contributed by atoms with Gasteiger partial charge < -0.3 is 10.6 Å². The van der Waals surface area contributed by atoms with Crippen LogP contribution in [0.3, 0.4) is 0 Å². The van der Waals surface area contributed by atoms with Gasteiger partial charge in [0, 0.05) is 24.0 Å². The zero-order valence-electron chi connectivity index (χ0n) is 11.1. The van der Waals surface area contributed by atoms with E-state index in [1.165, 1.54) is 38.5 Å². The molecule has 4 atom stereocenters. The minimum Gasteiger partial charge on any atom is -0.336 e. The van der Waals surface area contributed by atoms with E-state index in [0.717, 1.165) is 24.7 Å². The van der Waals surface area contributed by atoms with E-state index in [9.17, 15) is 4.79 Å². The van der Waals surface area contributed by atoms with E-state index in [0.29, 0.717) is 30.0 Å². The molecule has 4 rings (SSSR count). The third-order valence-corrected chi connectivity index (χ3v) is 5.97. The van der Waals surface area contributed by atoms with Crippen LogP contribution in [0.4, 0.5) is 0 Å². The first-order valence-electron chi connectivity index (χ1n) is 7.83. The van der Waals surface area contributed by atoms with Gasteiger partial charge in [-0.1, -0.05) is 12.8 Å². The van der Waals surface area contributed by atoms with Crippen LogP contribution in [0.2, 0.25) is 0 Å². The number of rotatable bonds is 1. The highest BCUT2D eigenvalue weighted by Gasteiger charge is 2.58. The van der Waals surface area contributed by atoms with Crippen molar-refractivity contribution >= 4 is 5.91 Å². The lowest BCUT2D eigenvalue weighted by atomic mass is 9.97. The zero-order chi connectivity index (χ0) is 12.3. The third-order valence-electron chi connectivity index (χ3n) is 5.97. The van der Waals surface area contributed by atoms with Gasteiger partial charge >= 0.3 is 0 Å². The van der Waals surface area contributed by atoms with E-state index in [4.69, 9.17) is 5.73 Å². The first kappa shape index (κ1) is 11.3. The molecule has 4 fully saturated rings. The van der Waals surface area contributed by atoms with Crippen LogP contribution >= 0.6 is 0 Å². The van der Waals surface area contributed by atoms with E-state index in [-0.39, 0.29) is 0 Å². The van der Waals surface area contributed by atoms with Crippen molar-refractivity contribution in [1.82, 2.24) is 4.90 Å². The van der Waals surface area contributed by atoms with Gasteiger partial charge in [-0.15, -0.1) is 0 Å². The molecule has 0 spiro atoms. The zero-order valence-corrected chi connectivity index (χ0v) is 11.1. The molecular weight excluding hydrogens is 224 g/mol. The number of amides is 1. The standard InChI is InChI=1S/C15H24N2O/c16-9-7-10-5-6-11(8-9)17(10)15(18)14-12-3-1-2-4-13(12)14/h9-14H,1-8,16H2. The highest BCUT2D eigenvalue weighted by atomic mass is 16.2. The Labute approximate surface area is 109 Å². The molecule has 0 aromatic heterocycles. The van der Waals surface area contributed by atoms with E-state index in [1.54, 1.807) is 0 Å². The monoisotopic (exact) mass is 248 g/mol. The van der Waals surface area contributed by atoms with Gasteiger partial charge in [-0.3, -0.25) is 4.79 Å². The van der Waals surface area contributed by atoms with Crippen LogP contribution in [-0.2, 0) is 4.79 Å². The molecule has 3 nitrogen and oxygen atoms in total. The summed E-state index contributed by atoms with van der Waals surface area (Å²) in [6, 6.07) is 1.30. The average Bonchev–Trinajstić information content (AvgIpc) is 3.02. The molecule has 0 aromatic carbocycles. The second-order valence-corrected chi connectivity index (χ2v) is 7.00. The number of piperidine rings is 1. The van der Waals surface area contributed by atoms with Crippen LogP contribution in [0.25, 0.3) is 0 Å². The Kier molecular flexibility index (Phi) is 2.48. The van der Waals surface area contributed by atoms with Crippen molar-refractivity contribution in [2.75, 3.05) is 0 Å². The van der Waals surface area contributed by atoms with Gasteiger partial charge in [0.15, 0.2) is 0 Å². The molecule has 4 unspecified atom stereocenters. The molecule has 3 heteroatoms. The van der Waals surface area contributed by atoms with Crippen LogP contribution in [0.15, 0.2) is 0 Å². The molecule has 100 valence electrons. The predicted octanol–water partition coefficient (Wildman–Crippen LogP) is 1.90. The Morgan fingerprint density at radius 1 is 0.944 bits per heavy atom. The first-order chi connectivity index (χ1) is 8.75. The maximum atomic E-state index is 12.8. The predicted molar refractivity (Wildman–Crippen MR) is 69.8 cm³/mol. The lowest BCUT2D eigenvalue weighted by molar-refractivity contribution is -0.137. The number of nitrogens with two attached hydrogens (primary N) is 1. The van der Waals surface area contributed by atoms with Crippen molar-refractivity contribution in [1.29, 1.82) is 0 Å². The van der Waals surface area contributed by atoms with Gasteiger partial charge in [-0.2, -0.15) is 0 Å².